The molecule has 0 aliphatic carbocycles. The lowest BCUT2D eigenvalue weighted by molar-refractivity contribution is -0.117. The van der Waals surface area contributed by atoms with Crippen molar-refractivity contribution in [1.82, 2.24) is 0 Å². The number of hydrogen-bond acceptors (Lipinski definition) is 2. The van der Waals surface area contributed by atoms with Gasteiger partial charge >= 0.3 is 0 Å². The number of benzene rings is 1. The molecule has 78 valence electrons. The SMILES string of the molecule is C#CCC(N)C(=O)Nc1ccc(C)cc1. The Labute approximate surface area is 89.7 Å². The van der Waals surface area contributed by atoms with Crippen LogP contribution in [0.4, 0.5) is 5.69 Å². The number of nitrogens with two attached hydrogens (primary N) is 1. The number of carbonyl (C=O) groups excluding carboxylic acids is 1. The minimum absolute atomic E-state index is 0.248. The number of anilines is 1. The lowest BCUT2D eigenvalue weighted by Crippen LogP contribution is -2.35. The molecule has 1 aromatic rings. The van der Waals surface area contributed by atoms with Crippen molar-refractivity contribution in [1.29, 1.82) is 0 Å². The molecule has 0 saturated heterocycles. The summed E-state index contributed by atoms with van der Waals surface area (Å²) in [4.78, 5) is 11.5. The third-order valence-electron chi connectivity index (χ3n) is 1.99. The molecule has 3 N–H and O–H groups in total. The zero-order valence-corrected chi connectivity index (χ0v) is 8.66. The molecule has 1 aromatic carbocycles. The molecule has 0 radical (unpaired) electrons. The third kappa shape index (κ3) is 3.45. The van der Waals surface area contributed by atoms with E-state index in [2.05, 4.69) is 11.2 Å². The number of carbonyl (C=O) groups is 1. The van der Waals surface area contributed by atoms with Gasteiger partial charge in [-0.3, -0.25) is 4.79 Å². The van der Waals surface area contributed by atoms with Crippen molar-refractivity contribution in [3.05, 3.63) is 29.8 Å². The fraction of sp³-hybridized carbons (Fsp3) is 0.250. The highest BCUT2D eigenvalue weighted by molar-refractivity contribution is 5.94. The van der Waals surface area contributed by atoms with Crippen LogP contribution in [0.1, 0.15) is 12.0 Å². The Bertz CT molecular complexity index is 376. The maximum atomic E-state index is 11.5. The van der Waals surface area contributed by atoms with Gasteiger partial charge in [-0.05, 0) is 19.1 Å². The van der Waals surface area contributed by atoms with Gasteiger partial charge < -0.3 is 11.1 Å². The molecule has 1 amide bonds. The summed E-state index contributed by atoms with van der Waals surface area (Å²) in [6, 6.07) is 6.85. The van der Waals surface area contributed by atoms with Crippen LogP contribution in [0, 0.1) is 19.3 Å². The Morgan fingerprint density at radius 2 is 2.13 bits per heavy atom. The summed E-state index contributed by atoms with van der Waals surface area (Å²) < 4.78 is 0. The number of rotatable bonds is 3. The summed E-state index contributed by atoms with van der Waals surface area (Å²) >= 11 is 0. The lowest BCUT2D eigenvalue weighted by atomic mass is 10.2. The number of nitrogens with one attached hydrogen (secondary N) is 1. The van der Waals surface area contributed by atoms with E-state index in [1.807, 2.05) is 31.2 Å². The minimum Gasteiger partial charge on any atom is -0.325 e. The monoisotopic (exact) mass is 202 g/mol. The van der Waals surface area contributed by atoms with E-state index in [9.17, 15) is 4.79 Å². The van der Waals surface area contributed by atoms with Gasteiger partial charge in [-0.1, -0.05) is 17.7 Å². The molecular weight excluding hydrogens is 188 g/mol. The van der Waals surface area contributed by atoms with Crippen LogP contribution in [0.2, 0.25) is 0 Å². The summed E-state index contributed by atoms with van der Waals surface area (Å²) in [5.74, 6) is 2.10. The summed E-state index contributed by atoms with van der Waals surface area (Å²) in [5.41, 5.74) is 7.42. The molecule has 0 aliphatic rings. The maximum Gasteiger partial charge on any atom is 0.242 e. The normalized spacial score (nSPS) is 11.5. The van der Waals surface area contributed by atoms with Gasteiger partial charge in [-0.2, -0.15) is 0 Å². The number of aryl methyl sites for hydroxylation is 1. The molecule has 0 heterocycles. The van der Waals surface area contributed by atoms with Gasteiger partial charge in [-0.25, -0.2) is 0 Å². The van der Waals surface area contributed by atoms with Crippen molar-refractivity contribution < 1.29 is 4.79 Å². The standard InChI is InChI=1S/C12H14N2O/c1-3-4-11(13)12(15)14-10-7-5-9(2)6-8-10/h1,5-8,11H,4,13H2,2H3,(H,14,15). The molecule has 3 heteroatoms. The summed E-state index contributed by atoms with van der Waals surface area (Å²) in [6.45, 7) is 1.98. The first kappa shape index (κ1) is 11.3. The van der Waals surface area contributed by atoms with Gasteiger partial charge in [0.25, 0.3) is 0 Å². The van der Waals surface area contributed by atoms with E-state index in [0.717, 1.165) is 11.3 Å². The van der Waals surface area contributed by atoms with Crippen LogP contribution < -0.4 is 11.1 Å². The molecule has 0 saturated carbocycles. The van der Waals surface area contributed by atoms with Crippen molar-refractivity contribution in [3.63, 3.8) is 0 Å². The average Bonchev–Trinajstić information content (AvgIpc) is 2.22. The van der Waals surface area contributed by atoms with Crippen molar-refractivity contribution in [2.45, 2.75) is 19.4 Å². The van der Waals surface area contributed by atoms with E-state index in [1.165, 1.54) is 0 Å². The molecule has 0 bridgehead atoms. The Hall–Kier alpha value is -1.79. The molecule has 1 atom stereocenters. The van der Waals surface area contributed by atoms with E-state index in [0.29, 0.717) is 0 Å². The van der Waals surface area contributed by atoms with E-state index < -0.39 is 6.04 Å². The highest BCUT2D eigenvalue weighted by atomic mass is 16.2. The van der Waals surface area contributed by atoms with Crippen LogP contribution in [-0.2, 0) is 4.79 Å². The van der Waals surface area contributed by atoms with Crippen LogP contribution in [-0.4, -0.2) is 11.9 Å². The lowest BCUT2D eigenvalue weighted by Gasteiger charge is -2.09. The molecule has 15 heavy (non-hydrogen) atoms. The molecule has 0 aliphatic heterocycles. The van der Waals surface area contributed by atoms with Gasteiger partial charge in [0.1, 0.15) is 0 Å². The van der Waals surface area contributed by atoms with Crippen LogP contribution in [0.15, 0.2) is 24.3 Å². The zero-order valence-electron chi connectivity index (χ0n) is 8.66. The molecule has 1 unspecified atom stereocenters. The first-order chi connectivity index (χ1) is 7.13. The highest BCUT2D eigenvalue weighted by Gasteiger charge is 2.11. The second kappa shape index (κ2) is 5.18. The van der Waals surface area contributed by atoms with Crippen molar-refractivity contribution in [2.75, 3.05) is 5.32 Å². The van der Waals surface area contributed by atoms with E-state index in [1.54, 1.807) is 0 Å². The third-order valence-corrected chi connectivity index (χ3v) is 1.99. The minimum atomic E-state index is -0.642. The molecule has 3 nitrogen and oxygen atoms in total. The highest BCUT2D eigenvalue weighted by Crippen LogP contribution is 2.08. The second-order valence-electron chi connectivity index (χ2n) is 3.37. The molecule has 0 spiro atoms. The molecule has 0 aromatic heterocycles. The summed E-state index contributed by atoms with van der Waals surface area (Å²) in [6.07, 6.45) is 5.32. The van der Waals surface area contributed by atoms with E-state index in [4.69, 9.17) is 12.2 Å². The Kier molecular flexibility index (Phi) is 3.90. The first-order valence-electron chi connectivity index (χ1n) is 4.70. The molecular formula is C12H14N2O. The van der Waals surface area contributed by atoms with Crippen molar-refractivity contribution in [2.24, 2.45) is 5.73 Å². The van der Waals surface area contributed by atoms with Gasteiger partial charge in [-0.15, -0.1) is 12.3 Å². The van der Waals surface area contributed by atoms with Gasteiger partial charge in [0.15, 0.2) is 0 Å². The fourth-order valence-corrected chi connectivity index (χ4v) is 1.09. The molecule has 0 fully saturated rings. The smallest absolute Gasteiger partial charge is 0.242 e. The summed E-state index contributed by atoms with van der Waals surface area (Å²) in [7, 11) is 0. The van der Waals surface area contributed by atoms with Gasteiger partial charge in [0, 0.05) is 12.1 Å². The first-order valence-corrected chi connectivity index (χ1v) is 4.70. The topological polar surface area (TPSA) is 55.1 Å². The Balaban J connectivity index is 2.59. The Morgan fingerprint density at radius 1 is 1.53 bits per heavy atom. The number of terminal acetylenes is 1. The quantitative estimate of drug-likeness (QED) is 0.725. The molecule has 1 rings (SSSR count). The van der Waals surface area contributed by atoms with Gasteiger partial charge in [0.2, 0.25) is 5.91 Å². The average molecular weight is 202 g/mol. The largest absolute Gasteiger partial charge is 0.325 e. The Morgan fingerprint density at radius 3 is 2.67 bits per heavy atom. The fourth-order valence-electron chi connectivity index (χ4n) is 1.09. The second-order valence-corrected chi connectivity index (χ2v) is 3.37. The zero-order chi connectivity index (χ0) is 11.3. The van der Waals surface area contributed by atoms with Crippen LogP contribution in [0.25, 0.3) is 0 Å². The van der Waals surface area contributed by atoms with Crippen LogP contribution in [0.3, 0.4) is 0 Å². The van der Waals surface area contributed by atoms with Crippen LogP contribution >= 0.6 is 0 Å². The van der Waals surface area contributed by atoms with Gasteiger partial charge in [0.05, 0.1) is 6.04 Å². The summed E-state index contributed by atoms with van der Waals surface area (Å²) in [5, 5.41) is 2.69. The predicted octanol–water partition coefficient (Wildman–Crippen LogP) is 1.28. The van der Waals surface area contributed by atoms with Crippen LogP contribution in [0.5, 0.6) is 0 Å². The van der Waals surface area contributed by atoms with E-state index >= 15 is 0 Å². The number of hydrogen-bond donors (Lipinski definition) is 2. The van der Waals surface area contributed by atoms with Crippen molar-refractivity contribution in [3.8, 4) is 12.3 Å². The van der Waals surface area contributed by atoms with Crippen molar-refractivity contribution >= 4 is 11.6 Å². The predicted molar refractivity (Wildman–Crippen MR) is 61.2 cm³/mol. The number of amides is 1. The van der Waals surface area contributed by atoms with E-state index in [-0.39, 0.29) is 12.3 Å². The maximum absolute atomic E-state index is 11.5.